The molecule has 112 valence electrons. The van der Waals surface area contributed by atoms with Crippen molar-refractivity contribution < 1.29 is 14.7 Å². The summed E-state index contributed by atoms with van der Waals surface area (Å²) in [6.07, 6.45) is 3.11. The quantitative estimate of drug-likeness (QED) is 0.726. The maximum Gasteiger partial charge on any atom is 0.326 e. The first-order chi connectivity index (χ1) is 9.99. The minimum Gasteiger partial charge on any atom is -0.480 e. The molecule has 0 unspecified atom stereocenters. The summed E-state index contributed by atoms with van der Waals surface area (Å²) in [6.45, 7) is 3.79. The Labute approximate surface area is 124 Å². The number of amides is 1. The summed E-state index contributed by atoms with van der Waals surface area (Å²) in [5, 5.41) is 15.6. The molecule has 0 aliphatic rings. The van der Waals surface area contributed by atoms with Crippen molar-refractivity contribution in [3.8, 4) is 0 Å². The molecule has 3 N–H and O–H groups in total. The minimum absolute atomic E-state index is 0.0420. The van der Waals surface area contributed by atoms with Crippen LogP contribution in [-0.2, 0) is 11.2 Å². The molecule has 0 saturated heterocycles. The van der Waals surface area contributed by atoms with Crippen LogP contribution in [0.1, 0.15) is 40.8 Å². The van der Waals surface area contributed by atoms with E-state index in [0.29, 0.717) is 16.3 Å². The molecule has 0 spiro atoms. The Morgan fingerprint density at radius 3 is 2.81 bits per heavy atom. The number of aromatic nitrogens is 4. The number of carboxylic acid groups (broad SMARTS) is 1. The fraction of sp³-hybridized carbons (Fsp3) is 0.417. The number of H-pyrrole nitrogens is 1. The number of imidazole rings is 1. The van der Waals surface area contributed by atoms with E-state index in [1.165, 1.54) is 12.5 Å². The normalized spacial score (nSPS) is 12.3. The van der Waals surface area contributed by atoms with Crippen LogP contribution in [0.4, 0.5) is 0 Å². The molecule has 0 bridgehead atoms. The van der Waals surface area contributed by atoms with E-state index in [9.17, 15) is 14.7 Å². The van der Waals surface area contributed by atoms with Crippen LogP contribution in [0.2, 0.25) is 0 Å². The summed E-state index contributed by atoms with van der Waals surface area (Å²) in [4.78, 5) is 30.5. The molecule has 0 aliphatic carbocycles. The first-order valence-electron chi connectivity index (χ1n) is 6.32. The van der Waals surface area contributed by atoms with Gasteiger partial charge >= 0.3 is 5.97 Å². The van der Waals surface area contributed by atoms with E-state index in [1.54, 1.807) is 0 Å². The lowest BCUT2D eigenvalue weighted by atomic mass is 10.1. The van der Waals surface area contributed by atoms with Gasteiger partial charge in [0, 0.05) is 18.3 Å². The number of nitrogens with one attached hydrogen (secondary N) is 2. The van der Waals surface area contributed by atoms with Gasteiger partial charge in [-0.1, -0.05) is 18.3 Å². The number of nitrogens with zero attached hydrogens (tertiary/aromatic N) is 3. The van der Waals surface area contributed by atoms with Gasteiger partial charge in [0.15, 0.2) is 0 Å². The third kappa shape index (κ3) is 3.63. The zero-order chi connectivity index (χ0) is 15.4. The van der Waals surface area contributed by atoms with Crippen molar-refractivity contribution in [1.82, 2.24) is 24.9 Å². The number of aliphatic carboxylic acids is 1. The van der Waals surface area contributed by atoms with Gasteiger partial charge in [-0.2, -0.15) is 0 Å². The SMILES string of the molecule is CC(C)c1nnsc1C(=O)N[C@@H](Cc1cnc[nH]1)C(=O)O. The van der Waals surface area contributed by atoms with Crippen molar-refractivity contribution in [2.24, 2.45) is 0 Å². The van der Waals surface area contributed by atoms with E-state index in [2.05, 4.69) is 24.9 Å². The number of rotatable bonds is 6. The molecule has 2 heterocycles. The molecule has 0 radical (unpaired) electrons. The summed E-state index contributed by atoms with van der Waals surface area (Å²) >= 11 is 0.961. The molecule has 0 saturated carbocycles. The third-order valence-electron chi connectivity index (χ3n) is 2.85. The van der Waals surface area contributed by atoms with Gasteiger partial charge in [-0.15, -0.1) is 5.10 Å². The van der Waals surface area contributed by atoms with Crippen LogP contribution in [0, 0.1) is 0 Å². The molecule has 0 aromatic carbocycles. The highest BCUT2D eigenvalue weighted by Crippen LogP contribution is 2.19. The number of carboxylic acids is 1. The number of hydrogen-bond donors (Lipinski definition) is 3. The molecule has 2 rings (SSSR count). The van der Waals surface area contributed by atoms with Crippen molar-refractivity contribution in [3.05, 3.63) is 28.8 Å². The number of carbonyl (C=O) groups excluding carboxylic acids is 1. The summed E-state index contributed by atoms with van der Waals surface area (Å²) < 4.78 is 3.76. The molecule has 1 amide bonds. The highest BCUT2D eigenvalue weighted by atomic mass is 32.1. The molecule has 9 heteroatoms. The van der Waals surface area contributed by atoms with Gasteiger partial charge in [0.05, 0.1) is 12.0 Å². The lowest BCUT2D eigenvalue weighted by Gasteiger charge is -2.13. The molecular weight excluding hydrogens is 294 g/mol. The fourth-order valence-corrected chi connectivity index (χ4v) is 2.50. The Balaban J connectivity index is 2.11. The first-order valence-corrected chi connectivity index (χ1v) is 7.09. The summed E-state index contributed by atoms with van der Waals surface area (Å²) in [7, 11) is 0. The molecule has 2 aromatic rings. The predicted octanol–water partition coefficient (Wildman–Crippen LogP) is 0.810. The summed E-state index contributed by atoms with van der Waals surface area (Å²) in [6, 6.07) is -1.04. The van der Waals surface area contributed by atoms with Crippen molar-refractivity contribution in [1.29, 1.82) is 0 Å². The molecule has 8 nitrogen and oxygen atoms in total. The smallest absolute Gasteiger partial charge is 0.326 e. The third-order valence-corrected chi connectivity index (χ3v) is 3.59. The van der Waals surface area contributed by atoms with Crippen LogP contribution in [-0.4, -0.2) is 42.6 Å². The average molecular weight is 309 g/mol. The van der Waals surface area contributed by atoms with E-state index >= 15 is 0 Å². The zero-order valence-corrected chi connectivity index (χ0v) is 12.3. The van der Waals surface area contributed by atoms with Crippen LogP contribution in [0.5, 0.6) is 0 Å². The zero-order valence-electron chi connectivity index (χ0n) is 11.5. The number of carbonyl (C=O) groups is 2. The van der Waals surface area contributed by atoms with Crippen LogP contribution < -0.4 is 5.32 Å². The van der Waals surface area contributed by atoms with E-state index in [0.717, 1.165) is 11.5 Å². The van der Waals surface area contributed by atoms with Gasteiger partial charge in [0.2, 0.25) is 0 Å². The number of aromatic amines is 1. The topological polar surface area (TPSA) is 121 Å². The van der Waals surface area contributed by atoms with E-state index in [4.69, 9.17) is 0 Å². The van der Waals surface area contributed by atoms with E-state index in [1.807, 2.05) is 13.8 Å². The molecule has 0 aliphatic heterocycles. The number of hydrogen-bond acceptors (Lipinski definition) is 6. The summed E-state index contributed by atoms with van der Waals surface area (Å²) in [5.74, 6) is -1.54. The van der Waals surface area contributed by atoms with E-state index < -0.39 is 17.9 Å². The van der Waals surface area contributed by atoms with Crippen LogP contribution in [0.3, 0.4) is 0 Å². The lowest BCUT2D eigenvalue weighted by molar-refractivity contribution is -0.139. The average Bonchev–Trinajstić information content (AvgIpc) is 3.08. The molecule has 1 atom stereocenters. The Kier molecular flexibility index (Phi) is 4.63. The van der Waals surface area contributed by atoms with Gasteiger partial charge in [-0.25, -0.2) is 9.78 Å². The van der Waals surface area contributed by atoms with Crippen LogP contribution >= 0.6 is 11.5 Å². The molecule has 2 aromatic heterocycles. The lowest BCUT2D eigenvalue weighted by Crippen LogP contribution is -2.42. The van der Waals surface area contributed by atoms with Crippen molar-refractivity contribution in [3.63, 3.8) is 0 Å². The van der Waals surface area contributed by atoms with Gasteiger partial charge in [-0.05, 0) is 17.5 Å². The van der Waals surface area contributed by atoms with Crippen molar-refractivity contribution >= 4 is 23.4 Å². The summed E-state index contributed by atoms with van der Waals surface area (Å²) in [5.41, 5.74) is 1.21. The molecule has 0 fully saturated rings. The van der Waals surface area contributed by atoms with Gasteiger partial charge in [0.1, 0.15) is 10.9 Å². The fourth-order valence-electron chi connectivity index (χ4n) is 1.77. The molecular formula is C12H15N5O3S. The first kappa shape index (κ1) is 15.1. The van der Waals surface area contributed by atoms with Crippen molar-refractivity contribution in [2.75, 3.05) is 0 Å². The van der Waals surface area contributed by atoms with Gasteiger partial charge in [0.25, 0.3) is 5.91 Å². The standard InChI is InChI=1S/C12H15N5O3S/c1-6(2)9-10(21-17-16-9)11(18)15-8(12(19)20)3-7-4-13-5-14-7/h4-6,8H,3H2,1-2H3,(H,13,14)(H,15,18)(H,19,20)/t8-/m0/s1. The predicted molar refractivity (Wildman–Crippen MR) is 75.2 cm³/mol. The molecule has 21 heavy (non-hydrogen) atoms. The Bertz CT molecular complexity index is 623. The Hall–Kier alpha value is -2.29. The Morgan fingerprint density at radius 1 is 1.48 bits per heavy atom. The van der Waals surface area contributed by atoms with Gasteiger partial charge in [-0.3, -0.25) is 4.79 Å². The second kappa shape index (κ2) is 6.44. The van der Waals surface area contributed by atoms with Gasteiger partial charge < -0.3 is 15.4 Å². The van der Waals surface area contributed by atoms with Crippen LogP contribution in [0.25, 0.3) is 0 Å². The largest absolute Gasteiger partial charge is 0.480 e. The highest BCUT2D eigenvalue weighted by molar-refractivity contribution is 7.08. The maximum absolute atomic E-state index is 12.2. The maximum atomic E-state index is 12.2. The monoisotopic (exact) mass is 309 g/mol. The van der Waals surface area contributed by atoms with Crippen LogP contribution in [0.15, 0.2) is 12.5 Å². The Morgan fingerprint density at radius 2 is 2.24 bits per heavy atom. The highest BCUT2D eigenvalue weighted by Gasteiger charge is 2.25. The van der Waals surface area contributed by atoms with Crippen molar-refractivity contribution in [2.45, 2.75) is 32.2 Å². The second-order valence-corrected chi connectivity index (χ2v) is 5.54. The minimum atomic E-state index is -1.11. The second-order valence-electron chi connectivity index (χ2n) is 4.79. The van der Waals surface area contributed by atoms with E-state index in [-0.39, 0.29) is 12.3 Å².